The van der Waals surface area contributed by atoms with Gasteiger partial charge in [0.25, 0.3) is 0 Å². The first-order chi connectivity index (χ1) is 17.1. The van der Waals surface area contributed by atoms with Crippen molar-refractivity contribution >= 4 is 40.3 Å². The molecular formula is C28H19ClFN3O2. The summed E-state index contributed by atoms with van der Waals surface area (Å²) in [4.78, 5) is 19.7. The Morgan fingerprint density at radius 3 is 2.51 bits per heavy atom. The molecule has 5 nitrogen and oxygen atoms in total. The van der Waals surface area contributed by atoms with E-state index >= 15 is 0 Å². The first-order valence-corrected chi connectivity index (χ1v) is 11.2. The summed E-state index contributed by atoms with van der Waals surface area (Å²) in [5, 5.41) is 4.56. The van der Waals surface area contributed by atoms with Crippen LogP contribution in [0.2, 0.25) is 5.02 Å². The Bertz CT molecular complexity index is 1520. The van der Waals surface area contributed by atoms with E-state index in [0.717, 1.165) is 34.0 Å². The fourth-order valence-electron chi connectivity index (χ4n) is 3.71. The lowest BCUT2D eigenvalue weighted by Crippen LogP contribution is -1.99. The molecular weight excluding hydrogens is 465 g/mol. The summed E-state index contributed by atoms with van der Waals surface area (Å²) in [6, 6.07) is 24.9. The van der Waals surface area contributed by atoms with E-state index in [-0.39, 0.29) is 12.4 Å². The number of aldehydes is 1. The first-order valence-electron chi connectivity index (χ1n) is 10.8. The fraction of sp³-hybridized carbons (Fsp3) is 0.0357. The van der Waals surface area contributed by atoms with E-state index in [1.807, 2.05) is 36.4 Å². The molecule has 0 amide bonds. The van der Waals surface area contributed by atoms with Gasteiger partial charge in [0.05, 0.1) is 10.5 Å². The third-order valence-corrected chi connectivity index (χ3v) is 5.79. The van der Waals surface area contributed by atoms with E-state index in [4.69, 9.17) is 16.3 Å². The fourth-order valence-corrected chi connectivity index (χ4v) is 3.95. The van der Waals surface area contributed by atoms with Crippen LogP contribution in [0, 0.1) is 5.82 Å². The van der Waals surface area contributed by atoms with Crippen LogP contribution in [0.3, 0.4) is 0 Å². The summed E-state index contributed by atoms with van der Waals surface area (Å²) in [6.45, 7) is 0.206. The van der Waals surface area contributed by atoms with E-state index < -0.39 is 0 Å². The molecule has 0 aliphatic rings. The number of carbonyl (C=O) groups excluding carboxylic acids is 1. The van der Waals surface area contributed by atoms with Gasteiger partial charge in [-0.15, -0.1) is 0 Å². The van der Waals surface area contributed by atoms with Crippen LogP contribution in [0.5, 0.6) is 5.75 Å². The van der Waals surface area contributed by atoms with E-state index in [1.54, 1.807) is 36.4 Å². The monoisotopic (exact) mass is 483 g/mol. The molecule has 4 aromatic carbocycles. The number of anilines is 2. The minimum Gasteiger partial charge on any atom is -0.487 e. The molecule has 5 rings (SSSR count). The summed E-state index contributed by atoms with van der Waals surface area (Å²) in [5.74, 6) is 0.816. The van der Waals surface area contributed by atoms with Gasteiger partial charge in [-0.05, 0) is 59.2 Å². The predicted octanol–water partition coefficient (Wildman–Crippen LogP) is 7.22. The topological polar surface area (TPSA) is 64.1 Å². The molecule has 0 saturated heterocycles. The van der Waals surface area contributed by atoms with Gasteiger partial charge in [-0.3, -0.25) is 4.79 Å². The maximum Gasteiger partial charge on any atom is 0.150 e. The van der Waals surface area contributed by atoms with Gasteiger partial charge in [0.15, 0.2) is 0 Å². The number of fused-ring (bicyclic) bond motifs is 1. The highest BCUT2D eigenvalue weighted by atomic mass is 35.5. The minimum absolute atomic E-state index is 0.206. The standard InChI is InChI=1S/C28H19ClFN3O2/c29-25-14-23(9-11-27(25)35-16-19-2-1-3-22(30)12-19)33-28-24-13-21(8-10-26(24)31-17-32-28)20-6-4-18(15-34)5-7-20/h1-15,17H,16H2,(H,31,32,33). The summed E-state index contributed by atoms with van der Waals surface area (Å²) in [7, 11) is 0. The summed E-state index contributed by atoms with van der Waals surface area (Å²) in [5.41, 5.74) is 4.82. The minimum atomic E-state index is -0.310. The number of nitrogens with one attached hydrogen (secondary N) is 1. The van der Waals surface area contributed by atoms with Crippen LogP contribution >= 0.6 is 11.6 Å². The van der Waals surface area contributed by atoms with Crippen molar-refractivity contribution < 1.29 is 13.9 Å². The molecule has 0 aliphatic carbocycles. The van der Waals surface area contributed by atoms with Gasteiger partial charge in [-0.25, -0.2) is 14.4 Å². The van der Waals surface area contributed by atoms with Crippen molar-refractivity contribution in [1.29, 1.82) is 0 Å². The molecule has 0 radical (unpaired) electrons. The third kappa shape index (κ3) is 5.13. The number of nitrogens with zero attached hydrogens (tertiary/aromatic N) is 2. The van der Waals surface area contributed by atoms with E-state index in [0.29, 0.717) is 27.7 Å². The van der Waals surface area contributed by atoms with Gasteiger partial charge in [0, 0.05) is 16.6 Å². The van der Waals surface area contributed by atoms with Crippen LogP contribution in [-0.4, -0.2) is 16.3 Å². The quantitative estimate of drug-likeness (QED) is 0.247. The van der Waals surface area contributed by atoms with Gasteiger partial charge >= 0.3 is 0 Å². The maximum absolute atomic E-state index is 13.4. The number of halogens is 2. The van der Waals surface area contributed by atoms with Crippen molar-refractivity contribution in [2.45, 2.75) is 6.61 Å². The molecule has 0 unspecified atom stereocenters. The highest BCUT2D eigenvalue weighted by molar-refractivity contribution is 6.32. The molecule has 172 valence electrons. The highest BCUT2D eigenvalue weighted by Crippen LogP contribution is 2.32. The number of aromatic nitrogens is 2. The second-order valence-corrected chi connectivity index (χ2v) is 8.29. The molecule has 0 atom stereocenters. The summed E-state index contributed by atoms with van der Waals surface area (Å²) in [6.07, 6.45) is 2.32. The lowest BCUT2D eigenvalue weighted by molar-refractivity contribution is 0.112. The molecule has 0 saturated carbocycles. The Hall–Kier alpha value is -4.29. The second kappa shape index (κ2) is 9.91. The number of ether oxygens (including phenoxy) is 1. The van der Waals surface area contributed by atoms with Crippen LogP contribution in [0.1, 0.15) is 15.9 Å². The molecule has 5 aromatic rings. The van der Waals surface area contributed by atoms with Gasteiger partial charge in [0.2, 0.25) is 0 Å². The number of rotatable bonds is 7. The van der Waals surface area contributed by atoms with Crippen LogP contribution in [0.25, 0.3) is 22.0 Å². The van der Waals surface area contributed by atoms with Crippen LogP contribution in [-0.2, 0) is 6.61 Å². The smallest absolute Gasteiger partial charge is 0.150 e. The SMILES string of the molecule is O=Cc1ccc(-c2ccc3ncnc(Nc4ccc(OCc5cccc(F)c5)c(Cl)c4)c3c2)cc1. The second-order valence-electron chi connectivity index (χ2n) is 7.88. The highest BCUT2D eigenvalue weighted by Gasteiger charge is 2.09. The van der Waals surface area contributed by atoms with E-state index in [9.17, 15) is 9.18 Å². The van der Waals surface area contributed by atoms with Crippen molar-refractivity contribution in [1.82, 2.24) is 9.97 Å². The van der Waals surface area contributed by atoms with Gasteiger partial charge in [-0.2, -0.15) is 0 Å². The lowest BCUT2D eigenvalue weighted by Gasteiger charge is -2.12. The van der Waals surface area contributed by atoms with Crippen LogP contribution < -0.4 is 10.1 Å². The first kappa shape index (κ1) is 22.5. The zero-order valence-corrected chi connectivity index (χ0v) is 19.2. The molecule has 0 spiro atoms. The van der Waals surface area contributed by atoms with Gasteiger partial charge < -0.3 is 10.1 Å². The molecule has 0 aliphatic heterocycles. The summed E-state index contributed by atoms with van der Waals surface area (Å²) < 4.78 is 19.1. The summed E-state index contributed by atoms with van der Waals surface area (Å²) >= 11 is 6.44. The molecule has 0 fully saturated rings. The molecule has 35 heavy (non-hydrogen) atoms. The zero-order chi connectivity index (χ0) is 24.2. The average Bonchev–Trinajstić information content (AvgIpc) is 2.88. The largest absolute Gasteiger partial charge is 0.487 e. The number of hydrogen-bond acceptors (Lipinski definition) is 5. The molecule has 0 bridgehead atoms. The molecule has 1 N–H and O–H groups in total. The lowest BCUT2D eigenvalue weighted by atomic mass is 10.0. The Labute approximate surface area is 206 Å². The average molecular weight is 484 g/mol. The molecule has 1 aromatic heterocycles. The van der Waals surface area contributed by atoms with E-state index in [1.165, 1.54) is 18.5 Å². The van der Waals surface area contributed by atoms with Gasteiger partial charge in [-0.1, -0.05) is 54.1 Å². The maximum atomic E-state index is 13.4. The van der Waals surface area contributed by atoms with Crippen molar-refractivity contribution in [2.24, 2.45) is 0 Å². The van der Waals surface area contributed by atoms with Gasteiger partial charge in [0.1, 0.15) is 36.6 Å². The predicted molar refractivity (Wildman–Crippen MR) is 136 cm³/mol. The Kier molecular flexibility index (Phi) is 6.37. The molecule has 7 heteroatoms. The third-order valence-electron chi connectivity index (χ3n) is 5.49. The van der Waals surface area contributed by atoms with Crippen molar-refractivity contribution in [3.8, 4) is 16.9 Å². The number of hydrogen-bond donors (Lipinski definition) is 1. The number of carbonyl (C=O) groups is 1. The molecule has 1 heterocycles. The Balaban J connectivity index is 1.38. The number of benzene rings is 4. The van der Waals surface area contributed by atoms with Crippen molar-refractivity contribution in [3.63, 3.8) is 0 Å². The van der Waals surface area contributed by atoms with Crippen molar-refractivity contribution in [3.05, 3.63) is 113 Å². The Morgan fingerprint density at radius 2 is 1.74 bits per heavy atom. The Morgan fingerprint density at radius 1 is 0.914 bits per heavy atom. The van der Waals surface area contributed by atoms with Crippen LogP contribution in [0.4, 0.5) is 15.9 Å². The zero-order valence-electron chi connectivity index (χ0n) is 18.4. The van der Waals surface area contributed by atoms with Crippen LogP contribution in [0.15, 0.2) is 91.3 Å². The van der Waals surface area contributed by atoms with E-state index in [2.05, 4.69) is 15.3 Å². The normalized spacial score (nSPS) is 10.8. The van der Waals surface area contributed by atoms with Crippen molar-refractivity contribution in [2.75, 3.05) is 5.32 Å².